The fourth-order valence-electron chi connectivity index (χ4n) is 2.26. The fraction of sp³-hybridized carbons (Fsp3) is 0.571. The summed E-state index contributed by atoms with van der Waals surface area (Å²) < 4.78 is 5.26. The third kappa shape index (κ3) is 3.00. The Morgan fingerprint density at radius 2 is 2.11 bits per heavy atom. The molecule has 2 unspecified atom stereocenters. The summed E-state index contributed by atoms with van der Waals surface area (Å²) >= 11 is 6.06. The lowest BCUT2D eigenvalue weighted by atomic mass is 10.0. The van der Waals surface area contributed by atoms with Crippen LogP contribution in [0, 0.1) is 11.8 Å². The van der Waals surface area contributed by atoms with Crippen LogP contribution in [0.3, 0.4) is 0 Å². The van der Waals surface area contributed by atoms with E-state index < -0.39 is 0 Å². The molecule has 0 aromatic carbocycles. The summed E-state index contributed by atoms with van der Waals surface area (Å²) in [5.41, 5.74) is 0.523. The van der Waals surface area contributed by atoms with Crippen LogP contribution in [0.15, 0.2) is 12.3 Å². The average Bonchev–Trinajstić information content (AvgIpc) is 2.71. The second-order valence-electron chi connectivity index (χ2n) is 5.11. The quantitative estimate of drug-likeness (QED) is 0.856. The smallest absolute Gasteiger partial charge is 0.255 e. The summed E-state index contributed by atoms with van der Waals surface area (Å²) in [5.74, 6) is 1.45. The van der Waals surface area contributed by atoms with Gasteiger partial charge in [-0.1, -0.05) is 25.4 Å². The van der Waals surface area contributed by atoms with Gasteiger partial charge in [0.1, 0.15) is 5.02 Å². The maximum Gasteiger partial charge on any atom is 0.255 e. The summed E-state index contributed by atoms with van der Waals surface area (Å²) in [6, 6.07) is 1.63. The van der Waals surface area contributed by atoms with E-state index in [1.54, 1.807) is 6.07 Å². The van der Waals surface area contributed by atoms with E-state index in [0.29, 0.717) is 34.9 Å². The van der Waals surface area contributed by atoms with Crippen LogP contribution in [0.25, 0.3) is 0 Å². The Labute approximate surface area is 118 Å². The molecule has 0 bridgehead atoms. The lowest BCUT2D eigenvalue weighted by molar-refractivity contribution is 0.0784. The number of carbonyl (C=O) groups excluding carboxylic acids is 1. The maximum atomic E-state index is 12.3. The number of likely N-dealkylation sites (tertiary alicyclic amines) is 1. The number of halogens is 1. The topological polar surface area (TPSA) is 42.4 Å². The molecule has 0 aliphatic carbocycles. The van der Waals surface area contributed by atoms with Crippen LogP contribution in [-0.2, 0) is 0 Å². The maximum absolute atomic E-state index is 12.3. The van der Waals surface area contributed by atoms with Gasteiger partial charge in [-0.3, -0.25) is 4.79 Å². The van der Waals surface area contributed by atoms with Crippen molar-refractivity contribution in [2.75, 3.05) is 19.7 Å². The van der Waals surface area contributed by atoms with Crippen molar-refractivity contribution >= 4 is 17.5 Å². The number of rotatable bonds is 3. The van der Waals surface area contributed by atoms with Crippen molar-refractivity contribution in [3.63, 3.8) is 0 Å². The monoisotopic (exact) mass is 282 g/mol. The average molecular weight is 283 g/mol. The van der Waals surface area contributed by atoms with Gasteiger partial charge < -0.3 is 9.64 Å². The standard InChI is InChI=1S/C14H19ClN2O2/c1-4-19-13-12(15)5-11(6-16-13)14(18)17-7-9(2)10(3)8-17/h5-6,9-10H,4,7-8H2,1-3H3. The Hall–Kier alpha value is -1.29. The van der Waals surface area contributed by atoms with Gasteiger partial charge in [-0.2, -0.15) is 0 Å². The Morgan fingerprint density at radius 3 is 2.63 bits per heavy atom. The normalized spacial score (nSPS) is 22.6. The molecule has 1 aromatic heterocycles. The number of hydrogen-bond acceptors (Lipinski definition) is 3. The summed E-state index contributed by atoms with van der Waals surface area (Å²) in [6.45, 7) is 8.30. The van der Waals surface area contributed by atoms with Crippen molar-refractivity contribution in [3.05, 3.63) is 22.8 Å². The minimum Gasteiger partial charge on any atom is -0.477 e. The van der Waals surface area contributed by atoms with Crippen molar-refractivity contribution in [3.8, 4) is 5.88 Å². The lowest BCUT2D eigenvalue weighted by Crippen LogP contribution is -2.29. The van der Waals surface area contributed by atoms with Gasteiger partial charge >= 0.3 is 0 Å². The third-order valence-corrected chi connectivity index (χ3v) is 3.88. The predicted octanol–water partition coefficient (Wildman–Crippen LogP) is 2.86. The van der Waals surface area contributed by atoms with Crippen molar-refractivity contribution in [1.29, 1.82) is 0 Å². The zero-order valence-corrected chi connectivity index (χ0v) is 12.3. The van der Waals surface area contributed by atoms with E-state index in [-0.39, 0.29) is 5.91 Å². The van der Waals surface area contributed by atoms with E-state index in [1.807, 2.05) is 11.8 Å². The molecule has 4 nitrogen and oxygen atoms in total. The Balaban J connectivity index is 2.14. The molecular weight excluding hydrogens is 264 g/mol. The van der Waals surface area contributed by atoms with Gasteiger partial charge in [0.15, 0.2) is 0 Å². The predicted molar refractivity (Wildman–Crippen MR) is 74.6 cm³/mol. The zero-order valence-electron chi connectivity index (χ0n) is 11.5. The summed E-state index contributed by atoms with van der Waals surface area (Å²) in [4.78, 5) is 18.3. The second-order valence-corrected chi connectivity index (χ2v) is 5.52. The fourth-order valence-corrected chi connectivity index (χ4v) is 2.48. The number of ether oxygens (including phenoxy) is 1. The summed E-state index contributed by atoms with van der Waals surface area (Å²) in [6.07, 6.45) is 1.53. The number of hydrogen-bond donors (Lipinski definition) is 0. The van der Waals surface area contributed by atoms with Crippen molar-refractivity contribution in [1.82, 2.24) is 9.88 Å². The van der Waals surface area contributed by atoms with Crippen molar-refractivity contribution in [2.45, 2.75) is 20.8 Å². The summed E-state index contributed by atoms with van der Waals surface area (Å²) in [7, 11) is 0. The van der Waals surface area contributed by atoms with E-state index in [0.717, 1.165) is 13.1 Å². The van der Waals surface area contributed by atoms with Crippen LogP contribution < -0.4 is 4.74 Å². The molecule has 0 spiro atoms. The molecule has 0 saturated carbocycles. The molecule has 5 heteroatoms. The number of carbonyl (C=O) groups is 1. The SMILES string of the molecule is CCOc1ncc(C(=O)N2CC(C)C(C)C2)cc1Cl. The first-order valence-corrected chi connectivity index (χ1v) is 6.98. The first-order chi connectivity index (χ1) is 9.02. The highest BCUT2D eigenvalue weighted by atomic mass is 35.5. The first-order valence-electron chi connectivity index (χ1n) is 6.60. The lowest BCUT2D eigenvalue weighted by Gasteiger charge is -2.16. The second kappa shape index (κ2) is 5.78. The van der Waals surface area contributed by atoms with E-state index in [2.05, 4.69) is 18.8 Å². The van der Waals surface area contributed by atoms with Gasteiger partial charge in [0.25, 0.3) is 5.91 Å². The minimum absolute atomic E-state index is 0.00588. The number of aromatic nitrogens is 1. The van der Waals surface area contributed by atoms with Gasteiger partial charge in [0, 0.05) is 19.3 Å². The highest BCUT2D eigenvalue weighted by Gasteiger charge is 2.30. The van der Waals surface area contributed by atoms with Crippen LogP contribution >= 0.6 is 11.6 Å². The van der Waals surface area contributed by atoms with Gasteiger partial charge in [-0.05, 0) is 24.8 Å². The number of amides is 1. The van der Waals surface area contributed by atoms with E-state index in [9.17, 15) is 4.79 Å². The molecule has 1 fully saturated rings. The molecule has 1 amide bonds. The van der Waals surface area contributed by atoms with Crippen LogP contribution in [-0.4, -0.2) is 35.5 Å². The molecule has 104 valence electrons. The van der Waals surface area contributed by atoms with E-state index in [1.165, 1.54) is 6.20 Å². The molecule has 1 aromatic rings. The Kier molecular flexibility index (Phi) is 4.30. The first kappa shape index (κ1) is 14.1. The molecule has 2 rings (SSSR count). The van der Waals surface area contributed by atoms with Crippen molar-refractivity contribution < 1.29 is 9.53 Å². The highest BCUT2D eigenvalue weighted by Crippen LogP contribution is 2.26. The molecule has 0 radical (unpaired) electrons. The molecular formula is C14H19ClN2O2. The summed E-state index contributed by atoms with van der Waals surface area (Å²) in [5, 5.41) is 0.382. The zero-order chi connectivity index (χ0) is 14.0. The van der Waals surface area contributed by atoms with Gasteiger partial charge in [0.05, 0.1) is 12.2 Å². The molecule has 2 atom stereocenters. The van der Waals surface area contributed by atoms with Gasteiger partial charge in [-0.25, -0.2) is 4.98 Å². The molecule has 0 N–H and O–H groups in total. The van der Waals surface area contributed by atoms with Crippen LogP contribution in [0.5, 0.6) is 5.88 Å². The Bertz CT molecular complexity index is 469. The van der Waals surface area contributed by atoms with Crippen LogP contribution in [0.2, 0.25) is 5.02 Å². The van der Waals surface area contributed by atoms with Crippen molar-refractivity contribution in [2.24, 2.45) is 11.8 Å². The Morgan fingerprint density at radius 1 is 1.47 bits per heavy atom. The molecule has 1 aliphatic heterocycles. The van der Waals surface area contributed by atoms with Gasteiger partial charge in [-0.15, -0.1) is 0 Å². The number of nitrogens with zero attached hydrogens (tertiary/aromatic N) is 2. The van der Waals surface area contributed by atoms with Crippen LogP contribution in [0.4, 0.5) is 0 Å². The van der Waals surface area contributed by atoms with E-state index >= 15 is 0 Å². The molecule has 2 heterocycles. The highest BCUT2D eigenvalue weighted by molar-refractivity contribution is 6.32. The number of pyridine rings is 1. The molecule has 1 aliphatic rings. The van der Waals surface area contributed by atoms with E-state index in [4.69, 9.17) is 16.3 Å². The van der Waals surface area contributed by atoms with Gasteiger partial charge in [0.2, 0.25) is 5.88 Å². The largest absolute Gasteiger partial charge is 0.477 e. The van der Waals surface area contributed by atoms with Crippen LogP contribution in [0.1, 0.15) is 31.1 Å². The molecule has 19 heavy (non-hydrogen) atoms. The minimum atomic E-state index is -0.00588. The molecule has 1 saturated heterocycles. The third-order valence-electron chi connectivity index (χ3n) is 3.61.